The lowest BCUT2D eigenvalue weighted by Crippen LogP contribution is -2.58. The van der Waals surface area contributed by atoms with Crippen LogP contribution in [0, 0.1) is 0 Å². The number of amides is 1. The van der Waals surface area contributed by atoms with Crippen LogP contribution < -0.4 is 14.8 Å². The minimum atomic E-state index is -2.03. The zero-order valence-electron chi connectivity index (χ0n) is 16.5. The van der Waals surface area contributed by atoms with Gasteiger partial charge >= 0.3 is 0 Å². The van der Waals surface area contributed by atoms with Crippen LogP contribution in [0.15, 0.2) is 42.5 Å². The number of carbonyl (C=O) groups excluding carboxylic acids is 1. The summed E-state index contributed by atoms with van der Waals surface area (Å²) >= 11 is 0. The summed E-state index contributed by atoms with van der Waals surface area (Å²) in [6.07, 6.45) is -8.09. The van der Waals surface area contributed by atoms with E-state index in [1.165, 1.54) is 7.11 Å². The zero-order valence-corrected chi connectivity index (χ0v) is 16.5. The van der Waals surface area contributed by atoms with Crippen LogP contribution in [0.4, 0.5) is 4.39 Å². The molecule has 1 aliphatic heterocycles. The summed E-state index contributed by atoms with van der Waals surface area (Å²) in [5.41, 5.74) is 1.99. The molecule has 5 atom stereocenters. The SMILES string of the molecule is CNC(=O)c1cccc(-c2ccc(O[C@H]3O[C@H](CO)[C@@H](O)[C@H](O)[C@@H]3F)c(OC)c2)c1. The van der Waals surface area contributed by atoms with Crippen molar-refractivity contribution in [1.82, 2.24) is 5.32 Å². The number of methoxy groups -OCH3 is 1. The number of aliphatic hydroxyl groups excluding tert-OH is 3. The Labute approximate surface area is 172 Å². The van der Waals surface area contributed by atoms with Gasteiger partial charge in [-0.25, -0.2) is 4.39 Å². The molecule has 1 heterocycles. The molecule has 9 heteroatoms. The number of ether oxygens (including phenoxy) is 3. The van der Waals surface area contributed by atoms with Crippen LogP contribution in [0.1, 0.15) is 10.4 Å². The van der Waals surface area contributed by atoms with E-state index in [2.05, 4.69) is 5.32 Å². The molecule has 0 radical (unpaired) electrons. The van der Waals surface area contributed by atoms with Crippen LogP contribution in [-0.2, 0) is 4.74 Å². The first-order valence-corrected chi connectivity index (χ1v) is 9.33. The Kier molecular flexibility index (Phi) is 6.88. The second-order valence-corrected chi connectivity index (χ2v) is 6.79. The maximum atomic E-state index is 14.4. The molecule has 0 aliphatic carbocycles. The van der Waals surface area contributed by atoms with E-state index < -0.39 is 37.4 Å². The highest BCUT2D eigenvalue weighted by Gasteiger charge is 2.46. The number of nitrogens with one attached hydrogen (secondary N) is 1. The van der Waals surface area contributed by atoms with Gasteiger partial charge in [0.15, 0.2) is 17.7 Å². The fourth-order valence-electron chi connectivity index (χ4n) is 3.19. The van der Waals surface area contributed by atoms with Crippen molar-refractivity contribution in [3.63, 3.8) is 0 Å². The van der Waals surface area contributed by atoms with E-state index in [-0.39, 0.29) is 17.4 Å². The van der Waals surface area contributed by atoms with Gasteiger partial charge in [0.25, 0.3) is 5.91 Å². The molecule has 0 saturated carbocycles. The Hall–Kier alpha value is -2.72. The van der Waals surface area contributed by atoms with E-state index in [9.17, 15) is 24.5 Å². The molecule has 1 amide bonds. The molecule has 1 aliphatic rings. The van der Waals surface area contributed by atoms with Crippen molar-refractivity contribution in [1.29, 1.82) is 0 Å². The molecule has 4 N–H and O–H groups in total. The molecular weight excluding hydrogens is 397 g/mol. The van der Waals surface area contributed by atoms with Gasteiger partial charge in [0.2, 0.25) is 6.29 Å². The predicted octanol–water partition coefficient (Wildman–Crippen LogP) is 0.878. The van der Waals surface area contributed by atoms with E-state index in [0.29, 0.717) is 5.56 Å². The summed E-state index contributed by atoms with van der Waals surface area (Å²) < 4.78 is 30.5. The van der Waals surface area contributed by atoms with E-state index >= 15 is 0 Å². The number of halogens is 1. The molecule has 0 bridgehead atoms. The first kappa shape index (κ1) is 22.0. The Morgan fingerprint density at radius 2 is 1.87 bits per heavy atom. The summed E-state index contributed by atoms with van der Waals surface area (Å²) in [7, 11) is 2.96. The minimum Gasteiger partial charge on any atom is -0.493 e. The van der Waals surface area contributed by atoms with E-state index in [0.717, 1.165) is 11.1 Å². The highest BCUT2D eigenvalue weighted by atomic mass is 19.1. The summed E-state index contributed by atoms with van der Waals surface area (Å²) in [5, 5.41) is 31.4. The Bertz CT molecular complexity index is 891. The van der Waals surface area contributed by atoms with Gasteiger partial charge in [0.1, 0.15) is 18.3 Å². The number of alkyl halides is 1. The zero-order chi connectivity index (χ0) is 21.8. The minimum absolute atomic E-state index is 0.150. The van der Waals surface area contributed by atoms with Gasteiger partial charge in [-0.3, -0.25) is 4.79 Å². The third-order valence-corrected chi connectivity index (χ3v) is 4.90. The number of carbonyl (C=O) groups is 1. The van der Waals surface area contributed by atoms with E-state index in [1.54, 1.807) is 43.4 Å². The van der Waals surface area contributed by atoms with E-state index in [4.69, 9.17) is 14.2 Å². The maximum Gasteiger partial charge on any atom is 0.251 e. The Morgan fingerprint density at radius 3 is 2.53 bits per heavy atom. The highest BCUT2D eigenvalue weighted by Crippen LogP contribution is 2.35. The van der Waals surface area contributed by atoms with Crippen molar-refractivity contribution in [2.75, 3.05) is 20.8 Å². The maximum absolute atomic E-state index is 14.4. The van der Waals surface area contributed by atoms with Crippen molar-refractivity contribution in [2.45, 2.75) is 30.8 Å². The third-order valence-electron chi connectivity index (χ3n) is 4.90. The molecule has 8 nitrogen and oxygen atoms in total. The van der Waals surface area contributed by atoms with Crippen LogP contribution >= 0.6 is 0 Å². The van der Waals surface area contributed by atoms with Crippen molar-refractivity contribution in [3.05, 3.63) is 48.0 Å². The summed E-state index contributed by atoms with van der Waals surface area (Å²) in [5.74, 6) is 0.206. The molecule has 0 spiro atoms. The number of aliphatic hydroxyl groups is 3. The Morgan fingerprint density at radius 1 is 1.13 bits per heavy atom. The van der Waals surface area contributed by atoms with E-state index in [1.807, 2.05) is 6.07 Å². The fraction of sp³-hybridized carbons (Fsp3) is 0.381. The molecule has 2 aromatic carbocycles. The number of hydrogen-bond donors (Lipinski definition) is 4. The molecule has 2 aromatic rings. The smallest absolute Gasteiger partial charge is 0.251 e. The molecular formula is C21H24FNO7. The van der Waals surface area contributed by atoms with Gasteiger partial charge < -0.3 is 34.8 Å². The molecule has 3 rings (SSSR count). The molecule has 1 fully saturated rings. The van der Waals surface area contributed by atoms with Crippen LogP contribution in [0.5, 0.6) is 11.5 Å². The first-order chi connectivity index (χ1) is 14.4. The average Bonchev–Trinajstić information content (AvgIpc) is 2.79. The van der Waals surface area contributed by atoms with Gasteiger partial charge in [-0.1, -0.05) is 18.2 Å². The van der Waals surface area contributed by atoms with Crippen molar-refractivity contribution < 1.29 is 38.7 Å². The van der Waals surface area contributed by atoms with Gasteiger partial charge in [-0.2, -0.15) is 0 Å². The second kappa shape index (κ2) is 9.40. The first-order valence-electron chi connectivity index (χ1n) is 9.33. The van der Waals surface area contributed by atoms with Crippen LogP contribution in [0.2, 0.25) is 0 Å². The van der Waals surface area contributed by atoms with Gasteiger partial charge in [0.05, 0.1) is 13.7 Å². The fourth-order valence-corrected chi connectivity index (χ4v) is 3.19. The van der Waals surface area contributed by atoms with Crippen LogP contribution in [0.3, 0.4) is 0 Å². The second-order valence-electron chi connectivity index (χ2n) is 6.79. The number of hydrogen-bond acceptors (Lipinski definition) is 7. The lowest BCUT2D eigenvalue weighted by molar-refractivity contribution is -0.262. The third kappa shape index (κ3) is 4.39. The Balaban J connectivity index is 1.85. The van der Waals surface area contributed by atoms with Gasteiger partial charge in [-0.05, 0) is 35.4 Å². The van der Waals surface area contributed by atoms with Crippen molar-refractivity contribution >= 4 is 5.91 Å². The number of benzene rings is 2. The molecule has 1 saturated heterocycles. The topological polar surface area (TPSA) is 117 Å². The lowest BCUT2D eigenvalue weighted by atomic mass is 10.00. The summed E-state index contributed by atoms with van der Waals surface area (Å²) in [6.45, 7) is -0.609. The molecule has 0 unspecified atom stereocenters. The quantitative estimate of drug-likeness (QED) is 0.547. The molecule has 30 heavy (non-hydrogen) atoms. The number of rotatable bonds is 6. The average molecular weight is 421 g/mol. The predicted molar refractivity (Wildman–Crippen MR) is 105 cm³/mol. The lowest BCUT2D eigenvalue weighted by Gasteiger charge is -2.38. The van der Waals surface area contributed by atoms with Crippen molar-refractivity contribution in [3.8, 4) is 22.6 Å². The molecule has 162 valence electrons. The monoisotopic (exact) mass is 421 g/mol. The van der Waals surface area contributed by atoms with Gasteiger partial charge in [-0.15, -0.1) is 0 Å². The largest absolute Gasteiger partial charge is 0.493 e. The highest BCUT2D eigenvalue weighted by molar-refractivity contribution is 5.95. The molecule has 0 aromatic heterocycles. The van der Waals surface area contributed by atoms with Crippen LogP contribution in [0.25, 0.3) is 11.1 Å². The standard InChI is InChI=1S/C21H24FNO7/c1-23-20(27)13-5-3-4-11(8-13)12-6-7-14(15(9-12)28-2)29-21-17(22)19(26)18(25)16(10-24)30-21/h3-9,16-19,21,24-26H,10H2,1-2H3,(H,23,27)/t16-,17+,18-,19-,21+/m1/s1. The summed E-state index contributed by atoms with van der Waals surface area (Å²) in [6, 6.07) is 11.9. The van der Waals surface area contributed by atoms with Crippen molar-refractivity contribution in [2.24, 2.45) is 0 Å². The van der Waals surface area contributed by atoms with Gasteiger partial charge in [0, 0.05) is 12.6 Å². The normalized spacial score (nSPS) is 26.1. The van der Waals surface area contributed by atoms with Crippen LogP contribution in [-0.4, -0.2) is 72.8 Å². The summed E-state index contributed by atoms with van der Waals surface area (Å²) in [4.78, 5) is 11.9.